The summed E-state index contributed by atoms with van der Waals surface area (Å²) in [5.74, 6) is -4.19. The molecule has 0 spiro atoms. The number of rotatable bonds is 13. The number of nitrogens with one attached hydrogen (secondary N) is 3. The molecular weight excluding hydrogens is 438 g/mol. The predicted molar refractivity (Wildman–Crippen MR) is 120 cm³/mol. The van der Waals surface area contributed by atoms with E-state index in [1.807, 2.05) is 6.07 Å². The minimum Gasteiger partial charge on any atom is -0.480 e. The Hall–Kier alpha value is -3.12. The van der Waals surface area contributed by atoms with E-state index in [1.165, 1.54) is 6.92 Å². The highest BCUT2D eigenvalue weighted by atomic mass is 32.1. The Kier molecular flexibility index (Phi) is 11.2. The normalized spacial score (nSPS) is 14.3. The standard InChI is InChI=1S/C20H29N5O6S/c1-11(17(27)25-15(10-32)20(30)31)23-19(29)14(7-8-16(22)26)24-18(28)13(21)9-12-5-3-2-4-6-12/h2-6,11,13-15,32H,7-10,21H2,1H3,(H2,22,26)(H,23,29)(H,24,28)(H,25,27)(H,30,31). The number of carbonyl (C=O) groups excluding carboxylic acids is 4. The molecule has 1 aromatic rings. The van der Waals surface area contributed by atoms with Gasteiger partial charge in [-0.2, -0.15) is 12.6 Å². The van der Waals surface area contributed by atoms with Crippen molar-refractivity contribution in [2.75, 3.05) is 5.75 Å². The lowest BCUT2D eigenvalue weighted by atomic mass is 10.0. The van der Waals surface area contributed by atoms with Crippen molar-refractivity contribution in [3.8, 4) is 0 Å². The molecule has 0 fully saturated rings. The molecule has 176 valence electrons. The second-order valence-electron chi connectivity index (χ2n) is 7.17. The van der Waals surface area contributed by atoms with Gasteiger partial charge >= 0.3 is 5.97 Å². The van der Waals surface area contributed by atoms with Gasteiger partial charge in [0.25, 0.3) is 0 Å². The molecule has 0 heterocycles. The van der Waals surface area contributed by atoms with Gasteiger partial charge in [0.05, 0.1) is 6.04 Å². The predicted octanol–water partition coefficient (Wildman–Crippen LogP) is -1.69. The fraction of sp³-hybridized carbons (Fsp3) is 0.450. The number of nitrogens with two attached hydrogens (primary N) is 2. The van der Waals surface area contributed by atoms with E-state index in [0.29, 0.717) is 0 Å². The number of carboxylic acids is 1. The maximum atomic E-state index is 12.6. The van der Waals surface area contributed by atoms with Crippen LogP contribution in [-0.2, 0) is 30.4 Å². The van der Waals surface area contributed by atoms with Crippen molar-refractivity contribution in [2.24, 2.45) is 11.5 Å². The van der Waals surface area contributed by atoms with Gasteiger partial charge in [-0.05, 0) is 25.3 Å². The van der Waals surface area contributed by atoms with Crippen LogP contribution < -0.4 is 27.4 Å². The number of thiol groups is 1. The molecule has 0 aliphatic rings. The summed E-state index contributed by atoms with van der Waals surface area (Å²) in [6, 6.07) is 4.57. The molecule has 11 nitrogen and oxygen atoms in total. The average molecular weight is 468 g/mol. The third-order valence-corrected chi connectivity index (χ3v) is 4.86. The number of hydrogen-bond donors (Lipinski definition) is 7. The van der Waals surface area contributed by atoms with Gasteiger partial charge in [0.15, 0.2) is 0 Å². The van der Waals surface area contributed by atoms with Crippen LogP contribution in [0.1, 0.15) is 25.3 Å². The van der Waals surface area contributed by atoms with Crippen LogP contribution in [0.5, 0.6) is 0 Å². The van der Waals surface area contributed by atoms with Crippen molar-refractivity contribution < 1.29 is 29.1 Å². The molecule has 0 radical (unpaired) electrons. The van der Waals surface area contributed by atoms with Gasteiger partial charge in [0.1, 0.15) is 18.1 Å². The summed E-state index contributed by atoms with van der Waals surface area (Å²) in [6.07, 6.45) is -0.0583. The number of benzene rings is 1. The lowest BCUT2D eigenvalue weighted by Crippen LogP contribution is -2.56. The second kappa shape index (κ2) is 13.3. The van der Waals surface area contributed by atoms with Crippen molar-refractivity contribution >= 4 is 42.2 Å². The molecule has 0 bridgehead atoms. The summed E-state index contributed by atoms with van der Waals surface area (Å²) >= 11 is 3.85. The SMILES string of the molecule is CC(NC(=O)C(CCC(N)=O)NC(=O)C(N)Cc1ccccc1)C(=O)NC(CS)C(=O)O. The number of amides is 4. The van der Waals surface area contributed by atoms with E-state index in [1.54, 1.807) is 24.3 Å². The second-order valence-corrected chi connectivity index (χ2v) is 7.54. The van der Waals surface area contributed by atoms with E-state index in [4.69, 9.17) is 16.6 Å². The fourth-order valence-electron chi connectivity index (χ4n) is 2.66. The van der Waals surface area contributed by atoms with Gasteiger partial charge in [-0.3, -0.25) is 19.2 Å². The fourth-order valence-corrected chi connectivity index (χ4v) is 2.90. The summed E-state index contributed by atoms with van der Waals surface area (Å²) in [7, 11) is 0. The van der Waals surface area contributed by atoms with Crippen LogP contribution in [0.25, 0.3) is 0 Å². The molecule has 1 rings (SSSR count). The molecule has 12 heteroatoms. The monoisotopic (exact) mass is 467 g/mol. The maximum absolute atomic E-state index is 12.6. The molecule has 4 unspecified atom stereocenters. The zero-order valence-corrected chi connectivity index (χ0v) is 18.5. The third kappa shape index (κ3) is 9.35. The Bertz CT molecular complexity index is 822. The Labute approximate surface area is 191 Å². The van der Waals surface area contributed by atoms with E-state index in [9.17, 15) is 24.0 Å². The first-order valence-corrected chi connectivity index (χ1v) is 10.5. The van der Waals surface area contributed by atoms with E-state index in [-0.39, 0.29) is 25.0 Å². The summed E-state index contributed by atoms with van der Waals surface area (Å²) in [5.41, 5.74) is 11.9. The summed E-state index contributed by atoms with van der Waals surface area (Å²) < 4.78 is 0. The number of primary amides is 1. The summed E-state index contributed by atoms with van der Waals surface area (Å²) in [4.78, 5) is 59.5. The Balaban J connectivity index is 2.78. The Morgan fingerprint density at radius 1 is 0.969 bits per heavy atom. The minimum atomic E-state index is -1.27. The highest BCUT2D eigenvalue weighted by molar-refractivity contribution is 7.80. The number of hydrogen-bond acceptors (Lipinski definition) is 7. The van der Waals surface area contributed by atoms with Gasteiger partial charge < -0.3 is 32.5 Å². The molecule has 8 N–H and O–H groups in total. The topological polar surface area (TPSA) is 194 Å². The van der Waals surface area contributed by atoms with Gasteiger partial charge in [-0.1, -0.05) is 30.3 Å². The minimum absolute atomic E-state index is 0.103. The van der Waals surface area contributed by atoms with Crippen LogP contribution in [0.2, 0.25) is 0 Å². The zero-order chi connectivity index (χ0) is 24.3. The number of aliphatic carboxylic acids is 1. The van der Waals surface area contributed by atoms with Crippen LogP contribution in [0, 0.1) is 0 Å². The zero-order valence-electron chi connectivity index (χ0n) is 17.6. The van der Waals surface area contributed by atoms with Gasteiger partial charge in [0.2, 0.25) is 23.6 Å². The summed E-state index contributed by atoms with van der Waals surface area (Å²) in [5, 5.41) is 16.1. The Morgan fingerprint density at radius 2 is 1.56 bits per heavy atom. The van der Waals surface area contributed by atoms with Crippen molar-refractivity contribution in [1.82, 2.24) is 16.0 Å². The number of carbonyl (C=O) groups is 5. The molecule has 4 amide bonds. The smallest absolute Gasteiger partial charge is 0.327 e. The maximum Gasteiger partial charge on any atom is 0.327 e. The van der Waals surface area contributed by atoms with Crippen LogP contribution in [0.15, 0.2) is 30.3 Å². The van der Waals surface area contributed by atoms with Gasteiger partial charge in [-0.25, -0.2) is 4.79 Å². The first-order chi connectivity index (χ1) is 15.0. The molecule has 0 aliphatic carbocycles. The van der Waals surface area contributed by atoms with Crippen LogP contribution >= 0.6 is 12.6 Å². The highest BCUT2D eigenvalue weighted by Gasteiger charge is 2.28. The molecule has 0 saturated carbocycles. The van der Waals surface area contributed by atoms with E-state index >= 15 is 0 Å². The molecule has 0 aliphatic heterocycles. The molecule has 32 heavy (non-hydrogen) atoms. The van der Waals surface area contributed by atoms with Crippen molar-refractivity contribution in [3.05, 3.63) is 35.9 Å². The number of carboxylic acid groups (broad SMARTS) is 1. The summed E-state index contributed by atoms with van der Waals surface area (Å²) in [6.45, 7) is 1.35. The lowest BCUT2D eigenvalue weighted by molar-refractivity contribution is -0.141. The van der Waals surface area contributed by atoms with Crippen LogP contribution in [0.3, 0.4) is 0 Å². The highest BCUT2D eigenvalue weighted by Crippen LogP contribution is 2.04. The Morgan fingerprint density at radius 3 is 2.09 bits per heavy atom. The van der Waals surface area contributed by atoms with E-state index in [2.05, 4.69) is 28.6 Å². The first-order valence-electron chi connectivity index (χ1n) is 9.87. The lowest BCUT2D eigenvalue weighted by Gasteiger charge is -2.23. The van der Waals surface area contributed by atoms with E-state index < -0.39 is 53.8 Å². The van der Waals surface area contributed by atoms with E-state index in [0.717, 1.165) is 5.56 Å². The van der Waals surface area contributed by atoms with Crippen LogP contribution in [0.4, 0.5) is 0 Å². The van der Waals surface area contributed by atoms with Crippen molar-refractivity contribution in [2.45, 2.75) is 50.4 Å². The van der Waals surface area contributed by atoms with Gasteiger partial charge in [0, 0.05) is 12.2 Å². The van der Waals surface area contributed by atoms with Crippen LogP contribution in [-0.4, -0.2) is 64.6 Å². The first kappa shape index (κ1) is 26.9. The molecule has 0 saturated heterocycles. The average Bonchev–Trinajstić information content (AvgIpc) is 2.74. The molecule has 1 aromatic carbocycles. The van der Waals surface area contributed by atoms with Gasteiger partial charge in [-0.15, -0.1) is 0 Å². The van der Waals surface area contributed by atoms with Crippen molar-refractivity contribution in [3.63, 3.8) is 0 Å². The largest absolute Gasteiger partial charge is 0.480 e. The molecular formula is C20H29N5O6S. The van der Waals surface area contributed by atoms with Crippen molar-refractivity contribution in [1.29, 1.82) is 0 Å². The molecule has 0 aromatic heterocycles. The third-order valence-electron chi connectivity index (χ3n) is 4.50. The quantitative estimate of drug-likeness (QED) is 0.168. The molecule has 4 atom stereocenters.